The van der Waals surface area contributed by atoms with Crippen LogP contribution in [0.1, 0.15) is 18.9 Å². The van der Waals surface area contributed by atoms with Crippen LogP contribution in [0.15, 0.2) is 24.3 Å². The molecule has 1 fully saturated rings. The fourth-order valence-corrected chi connectivity index (χ4v) is 2.15. The number of nitrogens with zero attached hydrogens (tertiary/aromatic N) is 2. The van der Waals surface area contributed by atoms with E-state index < -0.39 is 0 Å². The summed E-state index contributed by atoms with van der Waals surface area (Å²) in [5, 5.41) is 11.7. The molecule has 1 aliphatic rings. The number of nitrogens with one attached hydrogen (secondary N) is 1. The van der Waals surface area contributed by atoms with E-state index >= 15 is 0 Å². The van der Waals surface area contributed by atoms with Crippen LogP contribution in [0.5, 0.6) is 0 Å². The van der Waals surface area contributed by atoms with Crippen LogP contribution in [-0.2, 0) is 4.79 Å². The van der Waals surface area contributed by atoms with Crippen LogP contribution in [0.25, 0.3) is 0 Å². The third-order valence-electron chi connectivity index (χ3n) is 2.96. The fourth-order valence-electron chi connectivity index (χ4n) is 2.15. The number of rotatable bonds is 2. The van der Waals surface area contributed by atoms with Gasteiger partial charge >= 0.3 is 0 Å². The molecule has 4 nitrogen and oxygen atoms in total. The van der Waals surface area contributed by atoms with Gasteiger partial charge in [0.25, 0.3) is 0 Å². The highest BCUT2D eigenvalue weighted by Crippen LogP contribution is 2.20. The minimum absolute atomic E-state index is 0.0247. The van der Waals surface area contributed by atoms with Crippen molar-refractivity contribution in [2.24, 2.45) is 0 Å². The number of benzene rings is 1. The maximum Gasteiger partial charge on any atom is 0.217 e. The maximum absolute atomic E-state index is 11.0. The Morgan fingerprint density at radius 3 is 2.76 bits per heavy atom. The van der Waals surface area contributed by atoms with Crippen molar-refractivity contribution in [3.8, 4) is 6.07 Å². The summed E-state index contributed by atoms with van der Waals surface area (Å²) in [5.74, 6) is 0.0247. The molecule has 0 aliphatic carbocycles. The second kappa shape index (κ2) is 4.88. The highest BCUT2D eigenvalue weighted by molar-refractivity contribution is 5.73. The van der Waals surface area contributed by atoms with Crippen LogP contribution in [0.4, 0.5) is 5.69 Å². The summed E-state index contributed by atoms with van der Waals surface area (Å²) in [5.41, 5.74) is 1.78. The van der Waals surface area contributed by atoms with Gasteiger partial charge in [0, 0.05) is 31.7 Å². The van der Waals surface area contributed by atoms with Crippen LogP contribution in [0.2, 0.25) is 0 Å². The molecule has 0 bridgehead atoms. The Balaban J connectivity index is 2.00. The molecule has 0 spiro atoms. The van der Waals surface area contributed by atoms with Gasteiger partial charge in [0.2, 0.25) is 5.91 Å². The summed E-state index contributed by atoms with van der Waals surface area (Å²) in [7, 11) is 0. The zero-order valence-corrected chi connectivity index (χ0v) is 9.81. The van der Waals surface area contributed by atoms with Crippen molar-refractivity contribution in [1.29, 1.82) is 5.26 Å². The second-order valence-electron chi connectivity index (χ2n) is 4.29. The molecule has 2 rings (SSSR count). The first kappa shape index (κ1) is 11.5. The lowest BCUT2D eigenvalue weighted by Gasteiger charge is -2.18. The first-order valence-corrected chi connectivity index (χ1v) is 5.71. The summed E-state index contributed by atoms with van der Waals surface area (Å²) in [6, 6.07) is 9.89. The van der Waals surface area contributed by atoms with Gasteiger partial charge in [-0.3, -0.25) is 4.79 Å². The van der Waals surface area contributed by atoms with E-state index in [1.807, 2.05) is 24.3 Å². The Kier molecular flexibility index (Phi) is 3.29. The molecule has 1 aliphatic heterocycles. The Morgan fingerprint density at radius 1 is 1.47 bits per heavy atom. The lowest BCUT2D eigenvalue weighted by molar-refractivity contribution is -0.119. The largest absolute Gasteiger partial charge is 0.369 e. The minimum Gasteiger partial charge on any atom is -0.369 e. The van der Waals surface area contributed by atoms with Gasteiger partial charge < -0.3 is 10.2 Å². The van der Waals surface area contributed by atoms with Gasteiger partial charge in [-0.2, -0.15) is 5.26 Å². The molecular formula is C13H15N3O. The molecule has 1 unspecified atom stereocenters. The quantitative estimate of drug-likeness (QED) is 0.831. The van der Waals surface area contributed by atoms with Crippen LogP contribution in [-0.4, -0.2) is 25.0 Å². The minimum atomic E-state index is 0.0247. The summed E-state index contributed by atoms with van der Waals surface area (Å²) >= 11 is 0. The zero-order valence-electron chi connectivity index (χ0n) is 9.81. The Hall–Kier alpha value is -2.02. The first-order chi connectivity index (χ1) is 8.19. The number of carbonyl (C=O) groups excluding carboxylic acids is 1. The zero-order chi connectivity index (χ0) is 12.3. The van der Waals surface area contributed by atoms with Crippen LogP contribution >= 0.6 is 0 Å². The van der Waals surface area contributed by atoms with Gasteiger partial charge in [-0.05, 0) is 30.7 Å². The molecule has 1 atom stereocenters. The standard InChI is InChI=1S/C13H15N3O/c1-10(17)15-12-6-7-16(9-12)13-4-2-11(8-14)3-5-13/h2-5,12H,6-7,9H2,1H3,(H,15,17). The van der Waals surface area contributed by atoms with Gasteiger partial charge in [-0.1, -0.05) is 0 Å². The molecule has 1 aromatic carbocycles. The van der Waals surface area contributed by atoms with Crippen molar-refractivity contribution in [2.45, 2.75) is 19.4 Å². The van der Waals surface area contributed by atoms with Gasteiger partial charge in [0.05, 0.1) is 11.6 Å². The van der Waals surface area contributed by atoms with E-state index in [1.165, 1.54) is 0 Å². The van der Waals surface area contributed by atoms with E-state index in [0.29, 0.717) is 5.56 Å². The monoisotopic (exact) mass is 229 g/mol. The van der Waals surface area contributed by atoms with Crippen molar-refractivity contribution < 1.29 is 4.79 Å². The van der Waals surface area contributed by atoms with E-state index in [-0.39, 0.29) is 11.9 Å². The number of carbonyl (C=O) groups is 1. The molecule has 4 heteroatoms. The molecule has 88 valence electrons. The van der Waals surface area contributed by atoms with Crippen molar-refractivity contribution in [1.82, 2.24) is 5.32 Å². The van der Waals surface area contributed by atoms with Gasteiger partial charge in [0.15, 0.2) is 0 Å². The molecule has 1 aromatic rings. The maximum atomic E-state index is 11.0. The molecule has 1 saturated heterocycles. The average molecular weight is 229 g/mol. The van der Waals surface area contributed by atoms with Gasteiger partial charge in [-0.25, -0.2) is 0 Å². The van der Waals surface area contributed by atoms with Crippen molar-refractivity contribution in [2.75, 3.05) is 18.0 Å². The normalized spacial score (nSPS) is 18.8. The molecule has 0 saturated carbocycles. The van der Waals surface area contributed by atoms with Crippen molar-refractivity contribution in [3.63, 3.8) is 0 Å². The third kappa shape index (κ3) is 2.76. The number of amides is 1. The van der Waals surface area contributed by atoms with Crippen LogP contribution in [0, 0.1) is 11.3 Å². The van der Waals surface area contributed by atoms with Crippen LogP contribution in [0.3, 0.4) is 0 Å². The number of hydrogen-bond acceptors (Lipinski definition) is 3. The molecule has 0 radical (unpaired) electrons. The highest BCUT2D eigenvalue weighted by Gasteiger charge is 2.22. The Bertz CT molecular complexity index is 447. The van der Waals surface area contributed by atoms with E-state index in [0.717, 1.165) is 25.2 Å². The smallest absolute Gasteiger partial charge is 0.217 e. The van der Waals surface area contributed by atoms with Gasteiger partial charge in [0.1, 0.15) is 0 Å². The Labute approximate surface area is 101 Å². The van der Waals surface area contributed by atoms with E-state index in [2.05, 4.69) is 16.3 Å². The SMILES string of the molecule is CC(=O)NC1CCN(c2ccc(C#N)cc2)C1. The molecule has 17 heavy (non-hydrogen) atoms. The lowest BCUT2D eigenvalue weighted by Crippen LogP contribution is -2.35. The lowest BCUT2D eigenvalue weighted by atomic mass is 10.2. The second-order valence-corrected chi connectivity index (χ2v) is 4.29. The number of anilines is 1. The van der Waals surface area contributed by atoms with E-state index in [1.54, 1.807) is 6.92 Å². The summed E-state index contributed by atoms with van der Waals surface area (Å²) in [6.07, 6.45) is 0.972. The highest BCUT2D eigenvalue weighted by atomic mass is 16.1. The summed E-state index contributed by atoms with van der Waals surface area (Å²) in [6.45, 7) is 3.33. The predicted octanol–water partition coefficient (Wildman–Crippen LogP) is 1.27. The first-order valence-electron chi connectivity index (χ1n) is 5.71. The predicted molar refractivity (Wildman–Crippen MR) is 65.6 cm³/mol. The average Bonchev–Trinajstić information content (AvgIpc) is 2.77. The van der Waals surface area contributed by atoms with Gasteiger partial charge in [-0.15, -0.1) is 0 Å². The van der Waals surface area contributed by atoms with Crippen molar-refractivity contribution >= 4 is 11.6 Å². The van der Waals surface area contributed by atoms with Crippen molar-refractivity contribution in [3.05, 3.63) is 29.8 Å². The number of nitriles is 1. The van der Waals surface area contributed by atoms with Crippen LogP contribution < -0.4 is 10.2 Å². The van der Waals surface area contributed by atoms with E-state index in [4.69, 9.17) is 5.26 Å². The molecule has 1 N–H and O–H groups in total. The third-order valence-corrected chi connectivity index (χ3v) is 2.96. The summed E-state index contributed by atoms with van der Waals surface area (Å²) in [4.78, 5) is 13.2. The Morgan fingerprint density at radius 2 is 2.18 bits per heavy atom. The number of hydrogen-bond donors (Lipinski definition) is 1. The molecule has 1 amide bonds. The molecule has 0 aromatic heterocycles. The summed E-state index contributed by atoms with van der Waals surface area (Å²) < 4.78 is 0. The molecule has 1 heterocycles. The topological polar surface area (TPSA) is 56.1 Å². The fraction of sp³-hybridized carbons (Fsp3) is 0.385. The van der Waals surface area contributed by atoms with E-state index in [9.17, 15) is 4.79 Å². The molecular weight excluding hydrogens is 214 g/mol.